The van der Waals surface area contributed by atoms with Crippen LogP contribution in [0.15, 0.2) is 40.0 Å². The number of aryl methyl sites for hydroxylation is 1. The molecule has 1 aromatic carbocycles. The van der Waals surface area contributed by atoms with Gasteiger partial charge in [0.15, 0.2) is 0 Å². The summed E-state index contributed by atoms with van der Waals surface area (Å²) >= 11 is 3.35. The molecular formula is C16H20BrN3O3S. The first-order valence-electron chi connectivity index (χ1n) is 7.74. The van der Waals surface area contributed by atoms with Crippen molar-refractivity contribution in [3.63, 3.8) is 0 Å². The molecule has 1 fully saturated rings. The Hall–Kier alpha value is -1.38. The Kier molecular flexibility index (Phi) is 4.98. The Morgan fingerprint density at radius 1 is 1.29 bits per heavy atom. The predicted molar refractivity (Wildman–Crippen MR) is 94.6 cm³/mol. The molecule has 0 radical (unpaired) electrons. The van der Waals surface area contributed by atoms with E-state index in [9.17, 15) is 8.42 Å². The first-order valence-corrected chi connectivity index (χ1v) is 9.97. The van der Waals surface area contributed by atoms with Crippen LogP contribution in [-0.4, -0.2) is 42.7 Å². The summed E-state index contributed by atoms with van der Waals surface area (Å²) in [6.45, 7) is 1.03. The van der Waals surface area contributed by atoms with Crippen LogP contribution in [0.5, 0.6) is 5.75 Å². The second-order valence-corrected chi connectivity index (χ2v) is 8.71. The van der Waals surface area contributed by atoms with E-state index < -0.39 is 10.0 Å². The van der Waals surface area contributed by atoms with E-state index in [2.05, 4.69) is 21.0 Å². The van der Waals surface area contributed by atoms with Crippen LogP contribution >= 0.6 is 15.9 Å². The zero-order valence-electron chi connectivity index (χ0n) is 13.6. The van der Waals surface area contributed by atoms with Gasteiger partial charge in [0.05, 0.1) is 22.7 Å². The Morgan fingerprint density at radius 3 is 2.58 bits per heavy atom. The lowest BCUT2D eigenvalue weighted by Crippen LogP contribution is -2.37. The number of rotatable bonds is 4. The van der Waals surface area contributed by atoms with Crippen LogP contribution in [0.2, 0.25) is 0 Å². The Balaban J connectivity index is 1.75. The number of sulfonamides is 1. The van der Waals surface area contributed by atoms with Crippen molar-refractivity contribution in [3.8, 4) is 5.75 Å². The molecule has 0 atom stereocenters. The largest absolute Gasteiger partial charge is 0.496 e. The molecule has 130 valence electrons. The number of benzene rings is 1. The van der Waals surface area contributed by atoms with E-state index in [1.165, 1.54) is 12.7 Å². The van der Waals surface area contributed by atoms with Crippen molar-refractivity contribution in [1.82, 2.24) is 14.1 Å². The van der Waals surface area contributed by atoms with Gasteiger partial charge in [0, 0.05) is 32.4 Å². The SMILES string of the molecule is COc1cc(S(=O)(=O)N2CCC(c3cnn(C)c3)CC2)ccc1Br. The number of piperidine rings is 1. The molecule has 24 heavy (non-hydrogen) atoms. The van der Waals surface area contributed by atoms with E-state index in [1.54, 1.807) is 27.2 Å². The Morgan fingerprint density at radius 2 is 2.00 bits per heavy atom. The summed E-state index contributed by atoms with van der Waals surface area (Å²) < 4.78 is 35.0. The first-order chi connectivity index (χ1) is 11.4. The molecule has 1 aromatic heterocycles. The zero-order valence-corrected chi connectivity index (χ0v) is 16.0. The van der Waals surface area contributed by atoms with Crippen LogP contribution in [0.25, 0.3) is 0 Å². The van der Waals surface area contributed by atoms with Crippen molar-refractivity contribution in [1.29, 1.82) is 0 Å². The third-order valence-electron chi connectivity index (χ3n) is 4.41. The molecule has 0 saturated carbocycles. The Bertz CT molecular complexity index is 827. The van der Waals surface area contributed by atoms with Gasteiger partial charge < -0.3 is 4.74 Å². The Labute approximate surface area is 150 Å². The molecule has 8 heteroatoms. The maximum absolute atomic E-state index is 12.9. The first kappa shape index (κ1) is 17.4. The van der Waals surface area contributed by atoms with Crippen LogP contribution in [0, 0.1) is 0 Å². The van der Waals surface area contributed by atoms with E-state index in [-0.39, 0.29) is 4.90 Å². The van der Waals surface area contributed by atoms with Gasteiger partial charge >= 0.3 is 0 Å². The lowest BCUT2D eigenvalue weighted by atomic mass is 9.93. The molecule has 0 bridgehead atoms. The molecule has 0 aliphatic carbocycles. The lowest BCUT2D eigenvalue weighted by molar-refractivity contribution is 0.319. The standard InChI is InChI=1S/C16H20BrN3O3S/c1-19-11-13(10-18-19)12-5-7-20(8-6-12)24(21,22)14-3-4-15(17)16(9-14)23-2/h3-4,9-12H,5-8H2,1-2H3. The number of nitrogens with zero attached hydrogens (tertiary/aromatic N) is 3. The van der Waals surface area contributed by atoms with Crippen molar-refractivity contribution in [3.05, 3.63) is 40.6 Å². The third-order valence-corrected chi connectivity index (χ3v) is 6.96. The van der Waals surface area contributed by atoms with Crippen molar-refractivity contribution < 1.29 is 13.2 Å². The molecule has 2 aromatic rings. The van der Waals surface area contributed by atoms with E-state index in [0.29, 0.717) is 24.8 Å². The van der Waals surface area contributed by atoms with Gasteiger partial charge in [0.1, 0.15) is 5.75 Å². The summed E-state index contributed by atoms with van der Waals surface area (Å²) in [4.78, 5) is 0.266. The molecular weight excluding hydrogens is 394 g/mol. The monoisotopic (exact) mass is 413 g/mol. The van der Waals surface area contributed by atoms with Crippen molar-refractivity contribution in [2.75, 3.05) is 20.2 Å². The van der Waals surface area contributed by atoms with Gasteiger partial charge in [-0.15, -0.1) is 0 Å². The molecule has 0 amide bonds. The average molecular weight is 414 g/mol. The van der Waals surface area contributed by atoms with Crippen molar-refractivity contribution in [2.24, 2.45) is 7.05 Å². The maximum atomic E-state index is 12.9. The minimum atomic E-state index is -3.50. The summed E-state index contributed by atoms with van der Waals surface area (Å²) in [6, 6.07) is 4.87. The van der Waals surface area contributed by atoms with Crippen molar-refractivity contribution in [2.45, 2.75) is 23.7 Å². The second-order valence-electron chi connectivity index (χ2n) is 5.92. The van der Waals surface area contributed by atoms with Gasteiger partial charge in [0.25, 0.3) is 0 Å². The fourth-order valence-corrected chi connectivity index (χ4v) is 4.92. The number of aromatic nitrogens is 2. The highest BCUT2D eigenvalue weighted by Gasteiger charge is 2.30. The highest BCUT2D eigenvalue weighted by Crippen LogP contribution is 2.33. The van der Waals surface area contributed by atoms with Crippen LogP contribution in [0.3, 0.4) is 0 Å². The van der Waals surface area contributed by atoms with E-state index >= 15 is 0 Å². The molecule has 2 heterocycles. The van der Waals surface area contributed by atoms with Crippen LogP contribution in [0.1, 0.15) is 24.3 Å². The number of halogens is 1. The maximum Gasteiger partial charge on any atom is 0.243 e. The zero-order chi connectivity index (χ0) is 17.3. The van der Waals surface area contributed by atoms with E-state index in [1.807, 2.05) is 19.4 Å². The summed E-state index contributed by atoms with van der Waals surface area (Å²) in [5.74, 6) is 0.880. The fraction of sp³-hybridized carbons (Fsp3) is 0.438. The second kappa shape index (κ2) is 6.85. The highest BCUT2D eigenvalue weighted by molar-refractivity contribution is 9.10. The minimum absolute atomic E-state index is 0.266. The van der Waals surface area contributed by atoms with Gasteiger partial charge in [-0.2, -0.15) is 9.40 Å². The van der Waals surface area contributed by atoms with E-state index in [4.69, 9.17) is 4.74 Å². The fourth-order valence-electron chi connectivity index (χ4n) is 3.03. The highest BCUT2D eigenvalue weighted by atomic mass is 79.9. The van der Waals surface area contributed by atoms with Crippen molar-refractivity contribution >= 4 is 26.0 Å². The summed E-state index contributed by atoms with van der Waals surface area (Å²) in [5.41, 5.74) is 1.18. The molecule has 3 rings (SSSR count). The lowest BCUT2D eigenvalue weighted by Gasteiger charge is -2.30. The van der Waals surface area contributed by atoms with Gasteiger partial charge in [0.2, 0.25) is 10.0 Å². The quantitative estimate of drug-likeness (QED) is 0.772. The van der Waals surface area contributed by atoms with Crippen LogP contribution < -0.4 is 4.74 Å². The van der Waals surface area contributed by atoms with Crippen LogP contribution in [0.4, 0.5) is 0 Å². The van der Waals surface area contributed by atoms with Gasteiger partial charge in [-0.3, -0.25) is 4.68 Å². The summed E-state index contributed by atoms with van der Waals surface area (Å²) in [6.07, 6.45) is 5.49. The van der Waals surface area contributed by atoms with Gasteiger partial charge in [-0.1, -0.05) is 0 Å². The average Bonchev–Trinajstić information content (AvgIpc) is 3.01. The number of ether oxygens (including phenoxy) is 1. The van der Waals surface area contributed by atoms with Gasteiger partial charge in [-0.05, 0) is 52.4 Å². The molecule has 0 unspecified atom stereocenters. The molecule has 6 nitrogen and oxygen atoms in total. The van der Waals surface area contributed by atoms with E-state index in [0.717, 1.165) is 17.3 Å². The molecule has 0 N–H and O–H groups in total. The van der Waals surface area contributed by atoms with Gasteiger partial charge in [-0.25, -0.2) is 8.42 Å². The molecule has 1 aliphatic rings. The molecule has 1 saturated heterocycles. The third kappa shape index (κ3) is 3.36. The number of methoxy groups -OCH3 is 1. The topological polar surface area (TPSA) is 64.4 Å². The molecule has 0 spiro atoms. The minimum Gasteiger partial charge on any atom is -0.496 e. The van der Waals surface area contributed by atoms with Crippen LogP contribution in [-0.2, 0) is 17.1 Å². The predicted octanol–water partition coefficient (Wildman–Crippen LogP) is 2.76. The smallest absolute Gasteiger partial charge is 0.243 e. The molecule has 1 aliphatic heterocycles. The normalized spacial score (nSPS) is 17.1. The summed E-state index contributed by atoms with van der Waals surface area (Å²) in [7, 11) is -0.0836. The number of hydrogen-bond acceptors (Lipinski definition) is 4. The summed E-state index contributed by atoms with van der Waals surface area (Å²) in [5, 5.41) is 4.20. The number of hydrogen-bond donors (Lipinski definition) is 0.